The first-order valence-electron chi connectivity index (χ1n) is 14.4. The summed E-state index contributed by atoms with van der Waals surface area (Å²) < 4.78 is 5.49. The second kappa shape index (κ2) is 11.2. The molecule has 8 nitrogen and oxygen atoms in total. The van der Waals surface area contributed by atoms with Crippen LogP contribution in [0.4, 0.5) is 17.1 Å². The number of ketones is 2. The lowest BCUT2D eigenvalue weighted by Gasteiger charge is -2.42. The van der Waals surface area contributed by atoms with Crippen LogP contribution in [0.5, 0.6) is 11.5 Å². The number of phenols is 1. The second-order valence-corrected chi connectivity index (χ2v) is 12.8. The summed E-state index contributed by atoms with van der Waals surface area (Å²) in [4.78, 5) is 56.2. The van der Waals surface area contributed by atoms with E-state index in [1.54, 1.807) is 24.3 Å². The number of aromatic hydroxyl groups is 1. The lowest BCUT2D eigenvalue weighted by atomic mass is 9.59. The Morgan fingerprint density at radius 3 is 2.38 bits per heavy atom. The molecule has 3 aromatic rings. The fourth-order valence-corrected chi connectivity index (χ4v) is 7.80. The molecule has 10 heteroatoms. The highest BCUT2D eigenvalue weighted by Gasteiger charge is 2.56. The molecule has 3 aliphatic carbocycles. The van der Waals surface area contributed by atoms with Gasteiger partial charge in [-0.25, -0.2) is 0 Å². The fraction of sp³-hybridized carbons (Fsp3) is 0.200. The molecule has 1 saturated heterocycles. The Balaban J connectivity index is 1.27. The predicted octanol–water partition coefficient (Wildman–Crippen LogP) is 6.76. The number of halogens is 2. The van der Waals surface area contributed by atoms with E-state index in [0.717, 1.165) is 16.9 Å². The van der Waals surface area contributed by atoms with Crippen molar-refractivity contribution in [3.8, 4) is 11.5 Å². The number of carbonyl (C=O) groups excluding carboxylic acids is 4. The van der Waals surface area contributed by atoms with Gasteiger partial charge in [-0.05, 0) is 88.8 Å². The quantitative estimate of drug-likeness (QED) is 0.173. The van der Waals surface area contributed by atoms with Crippen molar-refractivity contribution >= 4 is 68.0 Å². The molecule has 0 spiro atoms. The zero-order chi connectivity index (χ0) is 31.6. The summed E-state index contributed by atoms with van der Waals surface area (Å²) in [6.45, 7) is 0. The lowest BCUT2D eigenvalue weighted by Crippen LogP contribution is -2.39. The zero-order valence-corrected chi connectivity index (χ0v) is 26.3. The van der Waals surface area contributed by atoms with E-state index >= 15 is 0 Å². The molecule has 2 amide bonds. The van der Waals surface area contributed by atoms with Crippen molar-refractivity contribution in [2.24, 2.45) is 17.8 Å². The Morgan fingerprint density at radius 2 is 1.67 bits per heavy atom. The van der Waals surface area contributed by atoms with Gasteiger partial charge in [-0.3, -0.25) is 24.1 Å². The molecular formula is C35H26BrClN2O6. The average molecular weight is 686 g/mol. The number of amides is 2. The summed E-state index contributed by atoms with van der Waals surface area (Å²) in [5.74, 6) is -3.98. The number of hydrogen-bond donors (Lipinski definition) is 2. The van der Waals surface area contributed by atoms with Gasteiger partial charge >= 0.3 is 0 Å². The summed E-state index contributed by atoms with van der Waals surface area (Å²) in [5.41, 5.74) is 4.12. The molecule has 0 radical (unpaired) electrons. The topological polar surface area (TPSA) is 113 Å². The van der Waals surface area contributed by atoms with Crippen LogP contribution in [0.25, 0.3) is 0 Å². The first-order chi connectivity index (χ1) is 21.7. The minimum absolute atomic E-state index is 0.0257. The molecule has 0 bridgehead atoms. The largest absolute Gasteiger partial charge is 0.503 e. The van der Waals surface area contributed by atoms with Crippen molar-refractivity contribution in [1.82, 2.24) is 0 Å². The van der Waals surface area contributed by atoms with Crippen LogP contribution in [0.15, 0.2) is 100 Å². The van der Waals surface area contributed by atoms with Crippen molar-refractivity contribution in [1.29, 1.82) is 0 Å². The van der Waals surface area contributed by atoms with Crippen LogP contribution in [0.3, 0.4) is 0 Å². The maximum absolute atomic E-state index is 14.2. The van der Waals surface area contributed by atoms with Crippen LogP contribution in [0.2, 0.25) is 5.02 Å². The highest BCUT2D eigenvalue weighted by atomic mass is 79.9. The van der Waals surface area contributed by atoms with Gasteiger partial charge in [-0.1, -0.05) is 41.4 Å². The maximum atomic E-state index is 14.2. The number of nitrogens with zero attached hydrogens (tertiary/aromatic N) is 1. The summed E-state index contributed by atoms with van der Waals surface area (Å²) in [5, 5.41) is 13.7. The Labute approximate surface area is 272 Å². The molecule has 0 saturated carbocycles. The van der Waals surface area contributed by atoms with Gasteiger partial charge in [0.1, 0.15) is 0 Å². The van der Waals surface area contributed by atoms with Crippen LogP contribution < -0.4 is 15.0 Å². The number of methoxy groups -OCH3 is 1. The number of rotatable bonds is 5. The van der Waals surface area contributed by atoms with E-state index in [1.165, 1.54) is 18.1 Å². The SMILES string of the molecule is COc1cc([C@H]2C3=CC[C@@H]4C(=O)N(c5ccc(Nc6ccccc6)cc5)C(=O)[C@@H]4[C@@H]3CC3=C2C(=O)C=C(Br)C3=O)cc(Cl)c1O. The Bertz CT molecular complexity index is 1900. The Morgan fingerprint density at radius 1 is 0.956 bits per heavy atom. The first kappa shape index (κ1) is 29.3. The normalized spacial score (nSPS) is 24.1. The minimum atomic E-state index is -0.724. The molecule has 7 rings (SSSR count). The number of anilines is 3. The summed E-state index contributed by atoms with van der Waals surface area (Å²) in [7, 11) is 1.39. The van der Waals surface area contributed by atoms with Crippen molar-refractivity contribution in [3.05, 3.63) is 111 Å². The summed E-state index contributed by atoms with van der Waals surface area (Å²) in [6, 6.07) is 19.9. The van der Waals surface area contributed by atoms with Crippen LogP contribution in [0, 0.1) is 17.8 Å². The summed E-state index contributed by atoms with van der Waals surface area (Å²) >= 11 is 9.63. The van der Waals surface area contributed by atoms with Crippen LogP contribution in [-0.4, -0.2) is 35.6 Å². The molecule has 4 atom stereocenters. The molecule has 1 aliphatic heterocycles. The second-order valence-electron chi connectivity index (χ2n) is 11.5. The van der Waals surface area contributed by atoms with Gasteiger partial charge in [0.05, 0.1) is 34.1 Å². The van der Waals surface area contributed by atoms with E-state index in [-0.39, 0.29) is 50.8 Å². The van der Waals surface area contributed by atoms with Crippen molar-refractivity contribution in [2.75, 3.05) is 17.3 Å². The van der Waals surface area contributed by atoms with Gasteiger partial charge in [-0.15, -0.1) is 0 Å². The van der Waals surface area contributed by atoms with E-state index in [9.17, 15) is 24.3 Å². The molecular weight excluding hydrogens is 660 g/mol. The molecule has 4 aliphatic rings. The highest BCUT2D eigenvalue weighted by molar-refractivity contribution is 9.12. The van der Waals surface area contributed by atoms with Crippen LogP contribution in [-0.2, 0) is 19.2 Å². The summed E-state index contributed by atoms with van der Waals surface area (Å²) in [6.07, 6.45) is 3.64. The van der Waals surface area contributed by atoms with Gasteiger partial charge in [0, 0.05) is 34.5 Å². The number of hydrogen-bond acceptors (Lipinski definition) is 7. The van der Waals surface area contributed by atoms with Gasteiger partial charge in [-0.2, -0.15) is 0 Å². The molecule has 0 unspecified atom stereocenters. The van der Waals surface area contributed by atoms with Crippen LogP contribution in [0.1, 0.15) is 24.3 Å². The van der Waals surface area contributed by atoms with Crippen molar-refractivity contribution in [3.63, 3.8) is 0 Å². The number of fused-ring (bicyclic) bond motifs is 3. The van der Waals surface area contributed by atoms with Crippen molar-refractivity contribution < 1.29 is 29.0 Å². The average Bonchev–Trinajstić information content (AvgIpc) is 3.30. The smallest absolute Gasteiger partial charge is 0.238 e. The molecule has 45 heavy (non-hydrogen) atoms. The number of imide groups is 1. The lowest BCUT2D eigenvalue weighted by molar-refractivity contribution is -0.123. The minimum Gasteiger partial charge on any atom is -0.503 e. The Hall–Kier alpha value is -4.47. The highest BCUT2D eigenvalue weighted by Crippen LogP contribution is 2.56. The number of ether oxygens (including phenoxy) is 1. The molecule has 1 heterocycles. The zero-order valence-electron chi connectivity index (χ0n) is 23.9. The maximum Gasteiger partial charge on any atom is 0.238 e. The van der Waals surface area contributed by atoms with E-state index in [4.69, 9.17) is 16.3 Å². The number of benzene rings is 3. The van der Waals surface area contributed by atoms with Crippen molar-refractivity contribution in [2.45, 2.75) is 18.8 Å². The molecule has 1 fully saturated rings. The molecule has 226 valence electrons. The third-order valence-corrected chi connectivity index (χ3v) is 10.0. The number of allylic oxidation sites excluding steroid dienone is 6. The Kier molecular flexibility index (Phi) is 7.25. The van der Waals surface area contributed by atoms with Crippen LogP contribution >= 0.6 is 27.5 Å². The standard InChI is InChI=1S/C35H26BrClN2O6/c1-45-28-14-17(13-26(37)33(28)42)29-21-11-12-22-30(23(21)15-24-31(29)27(40)16-25(36)32(24)41)35(44)39(34(22)43)20-9-7-19(8-10-20)38-18-5-3-2-4-6-18/h2-11,13-14,16,22-23,29-30,38,42H,12,15H2,1H3/t22-,23+,29-,30-/m0/s1. The number of Topliss-reactive ketones (excluding diaryl/α,β-unsaturated/α-hetero) is 1. The van der Waals surface area contributed by atoms with Gasteiger partial charge in [0.25, 0.3) is 0 Å². The van der Waals surface area contributed by atoms with E-state index in [2.05, 4.69) is 21.2 Å². The third-order valence-electron chi connectivity index (χ3n) is 9.12. The number of para-hydroxylation sites is 1. The molecule has 2 N–H and O–H groups in total. The number of carbonyl (C=O) groups is 4. The number of nitrogens with one attached hydrogen (secondary N) is 1. The number of phenolic OH excluding ortho intramolecular Hbond substituents is 1. The van der Waals surface area contributed by atoms with Gasteiger partial charge < -0.3 is 15.2 Å². The fourth-order valence-electron chi connectivity index (χ4n) is 7.14. The van der Waals surface area contributed by atoms with Gasteiger partial charge in [0.15, 0.2) is 23.1 Å². The van der Waals surface area contributed by atoms with E-state index in [1.807, 2.05) is 48.5 Å². The van der Waals surface area contributed by atoms with E-state index < -0.39 is 23.7 Å². The third kappa shape index (κ3) is 4.73. The predicted molar refractivity (Wildman–Crippen MR) is 173 cm³/mol. The first-order valence-corrected chi connectivity index (χ1v) is 15.6. The van der Waals surface area contributed by atoms with E-state index in [0.29, 0.717) is 28.8 Å². The molecule has 0 aromatic heterocycles. The van der Waals surface area contributed by atoms with Gasteiger partial charge in [0.2, 0.25) is 11.8 Å². The molecule has 3 aromatic carbocycles. The monoisotopic (exact) mass is 684 g/mol.